The number of carbonyl (C=O) groups is 1. The summed E-state index contributed by atoms with van der Waals surface area (Å²) >= 11 is 0. The van der Waals surface area contributed by atoms with Crippen molar-refractivity contribution < 1.29 is 30.0 Å². The van der Waals surface area contributed by atoms with Crippen LogP contribution in [0.25, 0.3) is 55.6 Å². The number of aliphatic hydroxyl groups is 1. The summed E-state index contributed by atoms with van der Waals surface area (Å²) in [5.74, 6) is 1.33. The molecule has 0 saturated carbocycles. The Morgan fingerprint density at radius 3 is 1.62 bits per heavy atom. The number of aromatic nitrogens is 1. The third kappa shape index (κ3) is 10.9. The Balaban J connectivity index is 0.000000389. The number of ketones is 1. The predicted molar refractivity (Wildman–Crippen MR) is 275 cm³/mol. The molecular weight excluding hydrogens is 987 g/mol. The van der Waals surface area contributed by atoms with Gasteiger partial charge in [0.15, 0.2) is 5.78 Å². The fraction of sp³-hybridized carbons (Fsp3) is 0.250. The second kappa shape index (κ2) is 22.3. The minimum Gasteiger partial charge on any atom is -0.512 e. The molecule has 5 nitrogen and oxygen atoms in total. The molecule has 6 heteroatoms. The van der Waals surface area contributed by atoms with E-state index in [0.29, 0.717) is 0 Å². The molecule has 1 aliphatic heterocycles. The maximum Gasteiger partial charge on any atom is 0.162 e. The minimum atomic E-state index is 0. The molecule has 339 valence electrons. The van der Waals surface area contributed by atoms with Gasteiger partial charge in [-0.3, -0.25) is 9.78 Å². The number of anilines is 2. The van der Waals surface area contributed by atoms with Crippen molar-refractivity contribution in [3.63, 3.8) is 0 Å². The zero-order chi connectivity index (χ0) is 46.2. The van der Waals surface area contributed by atoms with Crippen LogP contribution in [0.3, 0.4) is 0 Å². The summed E-state index contributed by atoms with van der Waals surface area (Å²) in [6.45, 7) is 19.0. The zero-order valence-corrected chi connectivity index (χ0v) is 42.3. The van der Waals surface area contributed by atoms with Gasteiger partial charge >= 0.3 is 0 Å². The summed E-state index contributed by atoms with van der Waals surface area (Å²) in [6.07, 6.45) is 10.1. The van der Waals surface area contributed by atoms with E-state index in [1.807, 2.05) is 50.9 Å². The molecule has 0 aliphatic carbocycles. The second-order valence-electron chi connectivity index (χ2n) is 17.4. The van der Waals surface area contributed by atoms with Crippen LogP contribution in [0.5, 0.6) is 0 Å². The Morgan fingerprint density at radius 1 is 0.576 bits per heavy atom. The maximum atomic E-state index is 11.7. The monoisotopic (exact) mass is 1050 g/mol. The van der Waals surface area contributed by atoms with Crippen molar-refractivity contribution >= 4 is 29.3 Å². The first kappa shape index (κ1) is 49.2. The van der Waals surface area contributed by atoms with Gasteiger partial charge in [0.05, 0.1) is 11.6 Å². The molecule has 7 aromatic rings. The topological polar surface area (TPSA) is 65.8 Å². The van der Waals surface area contributed by atoms with E-state index in [4.69, 9.17) is 9.98 Å². The number of allylic oxidation sites excluding steroid dienone is 2. The Kier molecular flexibility index (Phi) is 16.7. The van der Waals surface area contributed by atoms with Crippen LogP contribution in [0.4, 0.5) is 17.2 Å². The normalized spacial score (nSPS) is 11.9. The van der Waals surface area contributed by atoms with E-state index in [0.717, 1.165) is 59.6 Å². The summed E-state index contributed by atoms with van der Waals surface area (Å²) in [5, 5.41) is 9.76. The summed E-state index contributed by atoms with van der Waals surface area (Å²) in [6, 6.07) is 47.8. The molecule has 0 bridgehead atoms. The van der Waals surface area contributed by atoms with Gasteiger partial charge in [-0.15, -0.1) is 0 Å². The van der Waals surface area contributed by atoms with E-state index >= 15 is 0 Å². The van der Waals surface area contributed by atoms with Gasteiger partial charge in [0, 0.05) is 50.6 Å². The number of hydrogen-bond acceptors (Lipinski definition) is 5. The fourth-order valence-electron chi connectivity index (χ4n) is 9.25. The number of aliphatic imine (C=N–C) groups is 1. The van der Waals surface area contributed by atoms with Crippen LogP contribution in [0.15, 0.2) is 156 Å². The van der Waals surface area contributed by atoms with E-state index in [9.17, 15) is 9.90 Å². The minimum absolute atomic E-state index is 0. The second-order valence-corrected chi connectivity index (χ2v) is 17.4. The number of carbonyl (C=O) groups excluding carboxylic acids is 1. The molecule has 0 amide bonds. The Bertz CT molecular complexity index is 2800. The van der Waals surface area contributed by atoms with E-state index in [2.05, 4.69) is 162 Å². The van der Waals surface area contributed by atoms with Crippen molar-refractivity contribution in [1.82, 2.24) is 4.98 Å². The van der Waals surface area contributed by atoms with Crippen LogP contribution in [-0.4, -0.2) is 22.2 Å². The average molecular weight is 1050 g/mol. The number of aliphatic hydroxyl groups excluding tert-OH is 1. The largest absolute Gasteiger partial charge is 0.512 e. The van der Waals surface area contributed by atoms with Crippen molar-refractivity contribution in [3.8, 4) is 55.6 Å². The molecule has 1 aromatic heterocycles. The van der Waals surface area contributed by atoms with Crippen molar-refractivity contribution in [2.75, 3.05) is 4.90 Å². The third-order valence-electron chi connectivity index (χ3n) is 12.9. The fourth-order valence-corrected chi connectivity index (χ4v) is 9.25. The SMILES string of the molecule is CCC(CC)C(=O)/C=C(\O)C(CC)CC.Cc1ccc(-c2cc(C)c(-c3ccc(-c4cc(C)c(-c5ccnc(N6[C-]=Nc7ccccc7-c7ccccc76)c5)c(C)c4)cc3)c(C)c2)cc1.[Ir]. The van der Waals surface area contributed by atoms with E-state index in [1.165, 1.54) is 72.8 Å². The molecule has 8 rings (SSSR count). The van der Waals surface area contributed by atoms with Gasteiger partial charge in [-0.05, 0) is 156 Å². The Labute approximate surface area is 406 Å². The molecule has 0 spiro atoms. The van der Waals surface area contributed by atoms with Crippen molar-refractivity contribution in [2.24, 2.45) is 16.8 Å². The van der Waals surface area contributed by atoms with E-state index in [1.54, 1.807) is 0 Å². The molecule has 0 saturated heterocycles. The molecular formula is C60H62IrN3O2-. The van der Waals surface area contributed by atoms with Gasteiger partial charge in [-0.25, -0.2) is 0 Å². The van der Waals surface area contributed by atoms with Crippen LogP contribution < -0.4 is 4.90 Å². The van der Waals surface area contributed by atoms with E-state index in [-0.39, 0.29) is 43.5 Å². The molecule has 6 aromatic carbocycles. The first-order chi connectivity index (χ1) is 31.4. The van der Waals surface area contributed by atoms with Gasteiger partial charge in [0.25, 0.3) is 0 Å². The van der Waals surface area contributed by atoms with Crippen LogP contribution in [0.2, 0.25) is 0 Å². The van der Waals surface area contributed by atoms with Crippen LogP contribution in [0, 0.1) is 46.5 Å². The first-order valence-corrected chi connectivity index (χ1v) is 23.2. The van der Waals surface area contributed by atoms with Gasteiger partial charge in [-0.2, -0.15) is 0 Å². The summed E-state index contributed by atoms with van der Waals surface area (Å²) in [7, 11) is 0. The van der Waals surface area contributed by atoms with Crippen LogP contribution in [0.1, 0.15) is 81.2 Å². The Hall–Kier alpha value is -6.20. The Morgan fingerprint density at radius 2 is 1.06 bits per heavy atom. The molecule has 0 atom stereocenters. The third-order valence-corrected chi connectivity index (χ3v) is 12.9. The molecule has 1 aliphatic rings. The van der Waals surface area contributed by atoms with Gasteiger partial charge in [0.1, 0.15) is 0 Å². The number of benzene rings is 6. The summed E-state index contributed by atoms with van der Waals surface area (Å²) in [5.41, 5.74) is 20.2. The first-order valence-electron chi connectivity index (χ1n) is 23.2. The number of aryl methyl sites for hydroxylation is 5. The number of para-hydroxylation sites is 2. The van der Waals surface area contributed by atoms with Crippen LogP contribution in [-0.2, 0) is 24.9 Å². The van der Waals surface area contributed by atoms with Gasteiger partial charge in [-0.1, -0.05) is 161 Å². The molecule has 0 fully saturated rings. The summed E-state index contributed by atoms with van der Waals surface area (Å²) < 4.78 is 0. The maximum absolute atomic E-state index is 11.7. The number of fused-ring (bicyclic) bond motifs is 3. The molecule has 1 N–H and O–H groups in total. The number of nitrogens with zero attached hydrogens (tertiary/aromatic N) is 3. The van der Waals surface area contributed by atoms with E-state index < -0.39 is 0 Å². The standard InChI is InChI=1S/C47H38N3.C13H24O2.Ir/c1-30-14-16-35(17-15-30)39-24-31(2)46(32(3)25-39)37-20-18-36(19-21-37)40-26-33(4)47(34(5)27-40)38-22-23-48-45(28-38)50-29-49-43-12-8-6-10-41(43)42-11-7-9-13-44(42)50;1-5-10(6-2)12(14)9-13(15)11(7-3)8-4;/h6-28H,1-5H3;9-11,14H,5-8H2,1-4H3;/q-1;;/b;12-9-;. The molecule has 1 radical (unpaired) electrons. The van der Waals surface area contributed by atoms with Crippen molar-refractivity contribution in [1.29, 1.82) is 0 Å². The summed E-state index contributed by atoms with van der Waals surface area (Å²) in [4.78, 5) is 23.2. The number of pyridine rings is 1. The number of hydrogen-bond donors (Lipinski definition) is 1. The number of rotatable bonds is 12. The van der Waals surface area contributed by atoms with Crippen molar-refractivity contribution in [3.05, 3.63) is 179 Å². The average Bonchev–Trinajstić information content (AvgIpc) is 3.47. The van der Waals surface area contributed by atoms with Crippen LogP contribution >= 0.6 is 0 Å². The molecule has 66 heavy (non-hydrogen) atoms. The zero-order valence-electron chi connectivity index (χ0n) is 39.9. The molecule has 0 unspecified atom stereocenters. The van der Waals surface area contributed by atoms with Gasteiger partial charge < -0.3 is 15.0 Å². The smallest absolute Gasteiger partial charge is 0.162 e. The van der Waals surface area contributed by atoms with Gasteiger partial charge in [0.2, 0.25) is 0 Å². The quantitative estimate of drug-likeness (QED) is 0.0752. The van der Waals surface area contributed by atoms with Crippen molar-refractivity contribution in [2.45, 2.75) is 88.0 Å². The molecule has 2 heterocycles. The predicted octanol–water partition coefficient (Wildman–Crippen LogP) is 16.5.